The van der Waals surface area contributed by atoms with Crippen LogP contribution in [-0.2, 0) is 6.42 Å². The summed E-state index contributed by atoms with van der Waals surface area (Å²) < 4.78 is 6.01. The summed E-state index contributed by atoms with van der Waals surface area (Å²) >= 11 is 7.88. The number of nitrogens with two attached hydrogens (primary N) is 1. The Kier molecular flexibility index (Phi) is 5.14. The second-order valence-corrected chi connectivity index (χ2v) is 5.27. The molecule has 100 valence electrons. The maximum absolute atomic E-state index is 6.24. The normalized spacial score (nSPS) is 10.5. The van der Waals surface area contributed by atoms with Crippen LogP contribution in [0.3, 0.4) is 0 Å². The van der Waals surface area contributed by atoms with Gasteiger partial charge in [-0.25, -0.2) is 0 Å². The molecule has 0 fully saturated rings. The van der Waals surface area contributed by atoms with Crippen LogP contribution in [0.5, 0.6) is 11.5 Å². The molecule has 0 radical (unpaired) electrons. The van der Waals surface area contributed by atoms with Gasteiger partial charge in [0, 0.05) is 4.90 Å². The van der Waals surface area contributed by atoms with Crippen molar-refractivity contribution < 1.29 is 4.74 Å². The van der Waals surface area contributed by atoms with Gasteiger partial charge >= 0.3 is 0 Å². The molecule has 0 aliphatic heterocycles. The molecule has 19 heavy (non-hydrogen) atoms. The lowest BCUT2D eigenvalue weighted by molar-refractivity contribution is 0.465. The fourth-order valence-electron chi connectivity index (χ4n) is 1.83. The lowest BCUT2D eigenvalue weighted by Crippen LogP contribution is -2.04. The highest BCUT2D eigenvalue weighted by molar-refractivity contribution is 7.98. The molecule has 0 heterocycles. The third-order valence-electron chi connectivity index (χ3n) is 2.74. The van der Waals surface area contributed by atoms with Gasteiger partial charge in [-0.15, -0.1) is 11.8 Å². The van der Waals surface area contributed by atoms with E-state index < -0.39 is 0 Å². The summed E-state index contributed by atoms with van der Waals surface area (Å²) in [6.07, 6.45) is 2.77. The first kappa shape index (κ1) is 14.3. The maximum Gasteiger partial charge on any atom is 0.149 e. The second kappa shape index (κ2) is 6.85. The highest BCUT2D eigenvalue weighted by Crippen LogP contribution is 2.37. The van der Waals surface area contributed by atoms with E-state index in [1.165, 1.54) is 0 Å². The van der Waals surface area contributed by atoms with Crippen molar-refractivity contribution in [3.8, 4) is 11.5 Å². The summed E-state index contributed by atoms with van der Waals surface area (Å²) in [6.45, 7) is 0.570. The lowest BCUT2D eigenvalue weighted by Gasteiger charge is -2.14. The van der Waals surface area contributed by atoms with E-state index in [2.05, 4.69) is 0 Å². The van der Waals surface area contributed by atoms with E-state index in [-0.39, 0.29) is 0 Å². The Balaban J connectivity index is 2.37. The minimum atomic E-state index is 0.570. The molecule has 2 rings (SSSR count). The first-order valence-corrected chi connectivity index (χ1v) is 7.65. The van der Waals surface area contributed by atoms with Crippen molar-refractivity contribution in [2.45, 2.75) is 11.3 Å². The molecule has 0 saturated heterocycles. The Morgan fingerprint density at radius 1 is 1.16 bits per heavy atom. The fraction of sp³-hybridized carbons (Fsp3) is 0.200. The number of hydrogen-bond acceptors (Lipinski definition) is 3. The first-order valence-electron chi connectivity index (χ1n) is 6.04. The lowest BCUT2D eigenvalue weighted by atomic mass is 10.1. The zero-order valence-electron chi connectivity index (χ0n) is 10.7. The Morgan fingerprint density at radius 2 is 1.95 bits per heavy atom. The zero-order chi connectivity index (χ0) is 13.7. The van der Waals surface area contributed by atoms with Gasteiger partial charge in [0.05, 0.1) is 5.02 Å². The molecule has 2 aromatic carbocycles. The van der Waals surface area contributed by atoms with Gasteiger partial charge in [0.15, 0.2) is 0 Å². The van der Waals surface area contributed by atoms with Crippen LogP contribution in [-0.4, -0.2) is 12.8 Å². The van der Waals surface area contributed by atoms with Crippen molar-refractivity contribution in [2.75, 3.05) is 12.8 Å². The van der Waals surface area contributed by atoms with Gasteiger partial charge in [-0.05, 0) is 43.0 Å². The molecular weight excluding hydrogens is 278 g/mol. The molecule has 0 saturated carbocycles. The maximum atomic E-state index is 6.24. The van der Waals surface area contributed by atoms with Gasteiger partial charge in [-0.1, -0.05) is 35.9 Å². The van der Waals surface area contributed by atoms with E-state index in [0.29, 0.717) is 17.3 Å². The quantitative estimate of drug-likeness (QED) is 0.832. The van der Waals surface area contributed by atoms with Gasteiger partial charge in [-0.3, -0.25) is 0 Å². The number of thioether (sulfide) groups is 1. The van der Waals surface area contributed by atoms with Crippen LogP contribution in [0.1, 0.15) is 5.56 Å². The Labute approximate surface area is 122 Å². The Morgan fingerprint density at radius 3 is 2.68 bits per heavy atom. The highest BCUT2D eigenvalue weighted by Gasteiger charge is 2.11. The number of hydrogen-bond donors (Lipinski definition) is 1. The van der Waals surface area contributed by atoms with Crippen LogP contribution < -0.4 is 10.5 Å². The number of halogens is 1. The van der Waals surface area contributed by atoms with Crippen molar-refractivity contribution in [2.24, 2.45) is 5.73 Å². The summed E-state index contributed by atoms with van der Waals surface area (Å²) in [4.78, 5) is 1.08. The number of ether oxygens (including phenoxy) is 1. The van der Waals surface area contributed by atoms with Crippen molar-refractivity contribution in [1.82, 2.24) is 0 Å². The van der Waals surface area contributed by atoms with Crippen LogP contribution in [0.15, 0.2) is 47.4 Å². The van der Waals surface area contributed by atoms with Crippen LogP contribution >= 0.6 is 23.4 Å². The molecule has 2 aromatic rings. The van der Waals surface area contributed by atoms with Gasteiger partial charge in [0.2, 0.25) is 0 Å². The van der Waals surface area contributed by atoms with Crippen molar-refractivity contribution in [3.63, 3.8) is 0 Å². The predicted molar refractivity (Wildman–Crippen MR) is 82.5 cm³/mol. The molecule has 2 N–H and O–H groups in total. The average molecular weight is 294 g/mol. The minimum Gasteiger partial charge on any atom is -0.454 e. The van der Waals surface area contributed by atoms with E-state index in [1.54, 1.807) is 11.8 Å². The monoisotopic (exact) mass is 293 g/mol. The van der Waals surface area contributed by atoms with E-state index >= 15 is 0 Å². The SMILES string of the molecule is CSc1ccccc1Oc1c(Cl)cccc1CCN. The molecule has 0 aliphatic rings. The minimum absolute atomic E-state index is 0.570. The summed E-state index contributed by atoms with van der Waals surface area (Å²) in [5.74, 6) is 1.53. The van der Waals surface area contributed by atoms with E-state index in [1.807, 2.05) is 48.7 Å². The number of para-hydroxylation sites is 2. The van der Waals surface area contributed by atoms with Crippen LogP contribution in [0.25, 0.3) is 0 Å². The zero-order valence-corrected chi connectivity index (χ0v) is 12.3. The Bertz CT molecular complexity index is 560. The summed E-state index contributed by atoms with van der Waals surface area (Å²) in [5.41, 5.74) is 6.66. The molecule has 0 atom stereocenters. The molecule has 0 unspecified atom stereocenters. The standard InChI is InChI=1S/C15H16ClNOS/c1-19-14-8-3-2-7-13(14)18-15-11(9-10-17)5-4-6-12(15)16/h2-8H,9-10,17H2,1H3. The van der Waals surface area contributed by atoms with Crippen molar-refractivity contribution in [1.29, 1.82) is 0 Å². The van der Waals surface area contributed by atoms with Crippen molar-refractivity contribution in [3.05, 3.63) is 53.1 Å². The van der Waals surface area contributed by atoms with Gasteiger partial charge in [-0.2, -0.15) is 0 Å². The van der Waals surface area contributed by atoms with Crippen molar-refractivity contribution >= 4 is 23.4 Å². The molecule has 0 bridgehead atoms. The van der Waals surface area contributed by atoms with Crippen LogP contribution in [0.2, 0.25) is 5.02 Å². The molecule has 4 heteroatoms. The van der Waals surface area contributed by atoms with Crippen LogP contribution in [0.4, 0.5) is 0 Å². The van der Waals surface area contributed by atoms with E-state index in [0.717, 1.165) is 22.6 Å². The third-order valence-corrected chi connectivity index (χ3v) is 3.82. The van der Waals surface area contributed by atoms with Gasteiger partial charge < -0.3 is 10.5 Å². The fourth-order valence-corrected chi connectivity index (χ4v) is 2.59. The predicted octanol–water partition coefficient (Wildman–Crippen LogP) is 4.36. The second-order valence-electron chi connectivity index (χ2n) is 4.02. The molecule has 2 nitrogen and oxygen atoms in total. The number of rotatable bonds is 5. The molecule has 0 aliphatic carbocycles. The molecule has 0 amide bonds. The summed E-state index contributed by atoms with van der Waals surface area (Å²) in [5, 5.41) is 0.613. The molecular formula is C15H16ClNOS. The third kappa shape index (κ3) is 3.44. The van der Waals surface area contributed by atoms with Crippen LogP contribution in [0, 0.1) is 0 Å². The topological polar surface area (TPSA) is 35.2 Å². The highest BCUT2D eigenvalue weighted by atomic mass is 35.5. The van der Waals surface area contributed by atoms with E-state index in [9.17, 15) is 0 Å². The van der Waals surface area contributed by atoms with Gasteiger partial charge in [0.25, 0.3) is 0 Å². The van der Waals surface area contributed by atoms with E-state index in [4.69, 9.17) is 22.1 Å². The summed E-state index contributed by atoms with van der Waals surface area (Å²) in [7, 11) is 0. The largest absolute Gasteiger partial charge is 0.454 e. The number of benzene rings is 2. The molecule has 0 aromatic heterocycles. The smallest absolute Gasteiger partial charge is 0.149 e. The Hall–Kier alpha value is -1.16. The average Bonchev–Trinajstić information content (AvgIpc) is 2.43. The summed E-state index contributed by atoms with van der Waals surface area (Å²) in [6, 6.07) is 13.7. The first-order chi connectivity index (χ1) is 9.26. The molecule has 0 spiro atoms. The van der Waals surface area contributed by atoms with Gasteiger partial charge in [0.1, 0.15) is 11.5 Å².